The average Bonchev–Trinajstić information content (AvgIpc) is 2.78. The van der Waals surface area contributed by atoms with Crippen molar-refractivity contribution in [1.29, 1.82) is 5.26 Å². The Kier molecular flexibility index (Phi) is 4.16. The lowest BCUT2D eigenvalue weighted by Gasteiger charge is -2.24. The number of nitrogens with zero attached hydrogens (tertiary/aromatic N) is 3. The molecule has 3 nitrogen and oxygen atoms in total. The van der Waals surface area contributed by atoms with E-state index in [4.69, 9.17) is 5.26 Å². The maximum absolute atomic E-state index is 8.77. The topological polar surface area (TPSA) is 39.9 Å². The van der Waals surface area contributed by atoms with Gasteiger partial charge in [-0.05, 0) is 29.6 Å². The van der Waals surface area contributed by atoms with Crippen molar-refractivity contribution in [2.45, 2.75) is 20.3 Å². The van der Waals surface area contributed by atoms with Gasteiger partial charge in [-0.2, -0.15) is 9.64 Å². The second-order valence-corrected chi connectivity index (χ2v) is 5.50. The molecule has 2 rings (SSSR count). The third-order valence-corrected chi connectivity index (χ3v) is 3.67. The smallest absolute Gasteiger partial charge is 0.120 e. The molecule has 1 aromatic carbocycles. The minimum absolute atomic E-state index is 0.555. The average molecular weight is 259 g/mol. The van der Waals surface area contributed by atoms with Crippen LogP contribution in [0.15, 0.2) is 24.3 Å². The van der Waals surface area contributed by atoms with Crippen molar-refractivity contribution in [3.63, 3.8) is 0 Å². The van der Waals surface area contributed by atoms with Crippen molar-refractivity contribution in [2.24, 2.45) is 5.92 Å². The van der Waals surface area contributed by atoms with E-state index < -0.39 is 0 Å². The fourth-order valence-corrected chi connectivity index (χ4v) is 2.90. The molecular formula is C14H17N3S. The van der Waals surface area contributed by atoms with E-state index in [-0.39, 0.29) is 0 Å². The highest BCUT2D eigenvalue weighted by Gasteiger charge is 2.14. The SMILES string of the molecule is CC(C)CN(CCC#N)c1snc2ccccc12. The zero-order valence-electron chi connectivity index (χ0n) is 10.8. The van der Waals surface area contributed by atoms with Gasteiger partial charge in [-0.25, -0.2) is 0 Å². The zero-order chi connectivity index (χ0) is 13.0. The first kappa shape index (κ1) is 12.8. The number of hydrogen-bond acceptors (Lipinski definition) is 4. The van der Waals surface area contributed by atoms with E-state index in [1.54, 1.807) is 0 Å². The highest BCUT2D eigenvalue weighted by molar-refractivity contribution is 7.11. The van der Waals surface area contributed by atoms with E-state index in [1.807, 2.05) is 18.2 Å². The van der Waals surface area contributed by atoms with Crippen LogP contribution in [-0.4, -0.2) is 17.5 Å². The Labute approximate surface area is 112 Å². The minimum atomic E-state index is 0.555. The molecule has 0 amide bonds. The molecule has 0 aliphatic rings. The first-order valence-corrected chi connectivity index (χ1v) is 6.96. The quantitative estimate of drug-likeness (QED) is 0.822. The number of aromatic nitrogens is 1. The molecule has 1 heterocycles. The van der Waals surface area contributed by atoms with Gasteiger partial charge in [-0.3, -0.25) is 0 Å². The highest BCUT2D eigenvalue weighted by atomic mass is 32.1. The Morgan fingerprint density at radius 3 is 2.89 bits per heavy atom. The maximum atomic E-state index is 8.77. The number of fused-ring (bicyclic) bond motifs is 1. The first-order chi connectivity index (χ1) is 8.72. The van der Waals surface area contributed by atoms with Crippen molar-refractivity contribution in [1.82, 2.24) is 4.37 Å². The molecule has 1 aromatic heterocycles. The highest BCUT2D eigenvalue weighted by Crippen LogP contribution is 2.31. The number of anilines is 1. The standard InChI is InChI=1S/C14H17N3S/c1-11(2)10-17(9-5-8-15)14-12-6-3-4-7-13(12)16-18-14/h3-4,6-7,11H,5,9-10H2,1-2H3. The maximum Gasteiger partial charge on any atom is 0.120 e. The van der Waals surface area contributed by atoms with Crippen molar-refractivity contribution < 1.29 is 0 Å². The lowest BCUT2D eigenvalue weighted by atomic mass is 10.2. The predicted molar refractivity (Wildman–Crippen MR) is 76.9 cm³/mol. The van der Waals surface area contributed by atoms with Crippen molar-refractivity contribution in [2.75, 3.05) is 18.0 Å². The number of benzene rings is 1. The number of nitriles is 1. The van der Waals surface area contributed by atoms with E-state index in [9.17, 15) is 0 Å². The van der Waals surface area contributed by atoms with Crippen molar-refractivity contribution in [3.05, 3.63) is 24.3 Å². The van der Waals surface area contributed by atoms with Crippen LogP contribution in [0.25, 0.3) is 10.9 Å². The summed E-state index contributed by atoms with van der Waals surface area (Å²) >= 11 is 1.53. The molecule has 0 bridgehead atoms. The molecule has 0 spiro atoms. The van der Waals surface area contributed by atoms with Crippen LogP contribution in [0.1, 0.15) is 20.3 Å². The van der Waals surface area contributed by atoms with Crippen LogP contribution >= 0.6 is 11.5 Å². The van der Waals surface area contributed by atoms with E-state index >= 15 is 0 Å². The Morgan fingerprint density at radius 2 is 2.17 bits per heavy atom. The van der Waals surface area contributed by atoms with E-state index in [0.29, 0.717) is 12.3 Å². The fraction of sp³-hybridized carbons (Fsp3) is 0.429. The van der Waals surface area contributed by atoms with E-state index in [2.05, 4.69) is 35.3 Å². The molecular weight excluding hydrogens is 242 g/mol. The zero-order valence-corrected chi connectivity index (χ0v) is 11.6. The van der Waals surface area contributed by atoms with Crippen LogP contribution in [0.2, 0.25) is 0 Å². The molecule has 0 unspecified atom stereocenters. The Bertz CT molecular complexity index is 553. The Hall–Kier alpha value is -1.60. The summed E-state index contributed by atoms with van der Waals surface area (Å²) in [5.74, 6) is 0.574. The van der Waals surface area contributed by atoms with E-state index in [1.165, 1.54) is 21.9 Å². The summed E-state index contributed by atoms with van der Waals surface area (Å²) in [5.41, 5.74) is 1.04. The van der Waals surface area contributed by atoms with Gasteiger partial charge in [0.05, 0.1) is 18.0 Å². The number of rotatable bonds is 5. The summed E-state index contributed by atoms with van der Waals surface area (Å²) < 4.78 is 4.47. The number of hydrogen-bond donors (Lipinski definition) is 0. The second kappa shape index (κ2) is 5.83. The molecule has 4 heteroatoms. The normalized spacial score (nSPS) is 10.8. The third-order valence-electron chi connectivity index (χ3n) is 2.73. The largest absolute Gasteiger partial charge is 0.360 e. The summed E-state index contributed by atoms with van der Waals surface area (Å²) in [7, 11) is 0. The van der Waals surface area contributed by atoms with Crippen LogP contribution in [-0.2, 0) is 0 Å². The van der Waals surface area contributed by atoms with Gasteiger partial charge in [0.2, 0.25) is 0 Å². The molecule has 18 heavy (non-hydrogen) atoms. The second-order valence-electron chi connectivity index (χ2n) is 4.75. The Balaban J connectivity index is 2.32. The molecule has 0 atom stereocenters. The van der Waals surface area contributed by atoms with Crippen LogP contribution in [0, 0.1) is 17.2 Å². The summed E-state index contributed by atoms with van der Waals surface area (Å²) in [4.78, 5) is 2.29. The minimum Gasteiger partial charge on any atom is -0.360 e. The first-order valence-electron chi connectivity index (χ1n) is 6.18. The van der Waals surface area contributed by atoms with E-state index in [0.717, 1.165) is 18.6 Å². The third kappa shape index (κ3) is 2.80. The van der Waals surface area contributed by atoms with Crippen LogP contribution in [0.3, 0.4) is 0 Å². The molecule has 0 radical (unpaired) electrons. The van der Waals surface area contributed by atoms with Gasteiger partial charge in [0.15, 0.2) is 0 Å². The van der Waals surface area contributed by atoms with Gasteiger partial charge < -0.3 is 4.90 Å². The molecule has 94 valence electrons. The van der Waals surface area contributed by atoms with Gasteiger partial charge >= 0.3 is 0 Å². The van der Waals surface area contributed by atoms with Crippen LogP contribution in [0.5, 0.6) is 0 Å². The van der Waals surface area contributed by atoms with Crippen molar-refractivity contribution in [3.8, 4) is 6.07 Å². The van der Waals surface area contributed by atoms with Gasteiger partial charge in [0.1, 0.15) is 5.00 Å². The van der Waals surface area contributed by atoms with Crippen LogP contribution in [0.4, 0.5) is 5.00 Å². The molecule has 0 aliphatic heterocycles. The van der Waals surface area contributed by atoms with Gasteiger partial charge in [-0.15, -0.1) is 0 Å². The molecule has 0 N–H and O–H groups in total. The molecule has 0 fully saturated rings. The summed E-state index contributed by atoms with van der Waals surface area (Å²) in [5, 5.41) is 11.2. The van der Waals surface area contributed by atoms with Crippen molar-refractivity contribution >= 4 is 27.4 Å². The molecule has 0 aliphatic carbocycles. The molecule has 0 saturated carbocycles. The van der Waals surface area contributed by atoms with Gasteiger partial charge in [0.25, 0.3) is 0 Å². The molecule has 0 saturated heterocycles. The molecule has 2 aromatic rings. The summed E-state index contributed by atoms with van der Waals surface area (Å²) in [6.45, 7) is 6.14. The summed E-state index contributed by atoms with van der Waals surface area (Å²) in [6, 6.07) is 10.4. The lowest BCUT2D eigenvalue weighted by molar-refractivity contribution is 0.616. The monoisotopic (exact) mass is 259 g/mol. The lowest BCUT2D eigenvalue weighted by Crippen LogP contribution is -2.27. The van der Waals surface area contributed by atoms with Gasteiger partial charge in [-0.1, -0.05) is 26.0 Å². The predicted octanol–water partition coefficient (Wildman–Crippen LogP) is 3.67. The summed E-state index contributed by atoms with van der Waals surface area (Å²) in [6.07, 6.45) is 0.555. The van der Waals surface area contributed by atoms with Gasteiger partial charge in [0, 0.05) is 18.5 Å². The van der Waals surface area contributed by atoms with Crippen LogP contribution < -0.4 is 4.90 Å². The fourth-order valence-electron chi connectivity index (χ4n) is 2.01. The Morgan fingerprint density at radius 1 is 1.39 bits per heavy atom.